The van der Waals surface area contributed by atoms with Gasteiger partial charge in [0.15, 0.2) is 4.77 Å². The maximum absolute atomic E-state index is 11.4. The van der Waals surface area contributed by atoms with E-state index in [2.05, 4.69) is 4.98 Å². The fourth-order valence-corrected chi connectivity index (χ4v) is 1.91. The zero-order valence-corrected chi connectivity index (χ0v) is 10.0. The average Bonchev–Trinajstić information content (AvgIpc) is 2.29. The topological polar surface area (TPSA) is 89.8 Å². The van der Waals surface area contributed by atoms with Gasteiger partial charge in [0.05, 0.1) is 5.69 Å². The van der Waals surface area contributed by atoms with E-state index < -0.39 is 5.56 Å². The molecule has 0 aliphatic rings. The number of hydrogen-bond acceptors (Lipinski definition) is 4. The van der Waals surface area contributed by atoms with Crippen molar-refractivity contribution in [1.29, 1.82) is 0 Å². The zero-order valence-electron chi connectivity index (χ0n) is 9.23. The van der Waals surface area contributed by atoms with E-state index in [1.54, 1.807) is 4.57 Å². The van der Waals surface area contributed by atoms with Crippen LogP contribution >= 0.6 is 12.2 Å². The third-order valence-electron chi connectivity index (χ3n) is 2.54. The Kier molecular flexibility index (Phi) is 2.72. The second-order valence-corrected chi connectivity index (χ2v) is 4.07. The first kappa shape index (κ1) is 11.4. The third kappa shape index (κ3) is 1.83. The molecule has 1 heterocycles. The number of benzene rings is 1. The van der Waals surface area contributed by atoms with E-state index in [-0.39, 0.29) is 16.3 Å². The van der Waals surface area contributed by atoms with Crippen molar-refractivity contribution in [3.63, 3.8) is 0 Å². The molecule has 1 aromatic carbocycles. The summed E-state index contributed by atoms with van der Waals surface area (Å²) in [5, 5.41) is 0. The maximum Gasteiger partial charge on any atom is 0.277 e. The predicted octanol–water partition coefficient (Wildman–Crippen LogP) is 1.37. The van der Waals surface area contributed by atoms with E-state index in [9.17, 15) is 4.79 Å². The SMILES string of the molecule is Cc1ccccc1-n1c(N)c(N)c(=O)[nH]c1=S. The molecule has 2 aromatic rings. The van der Waals surface area contributed by atoms with Crippen LogP contribution in [0, 0.1) is 11.7 Å². The Balaban J connectivity index is 2.87. The van der Waals surface area contributed by atoms with Crippen molar-refractivity contribution in [2.75, 3.05) is 11.5 Å². The highest BCUT2D eigenvalue weighted by atomic mass is 32.1. The Bertz CT molecular complexity index is 687. The Labute approximate surface area is 103 Å². The van der Waals surface area contributed by atoms with Gasteiger partial charge in [-0.15, -0.1) is 0 Å². The number of aromatic amines is 1. The van der Waals surface area contributed by atoms with Gasteiger partial charge in [-0.1, -0.05) is 18.2 Å². The molecule has 0 atom stereocenters. The van der Waals surface area contributed by atoms with Crippen LogP contribution in [0.2, 0.25) is 0 Å². The number of H-pyrrole nitrogens is 1. The van der Waals surface area contributed by atoms with Gasteiger partial charge in [0, 0.05) is 0 Å². The van der Waals surface area contributed by atoms with Crippen molar-refractivity contribution < 1.29 is 0 Å². The van der Waals surface area contributed by atoms with Crippen LogP contribution in [-0.4, -0.2) is 9.55 Å². The molecule has 0 bridgehead atoms. The average molecular weight is 248 g/mol. The number of nitrogen functional groups attached to an aromatic ring is 2. The lowest BCUT2D eigenvalue weighted by Crippen LogP contribution is -2.21. The van der Waals surface area contributed by atoms with Crippen LogP contribution in [-0.2, 0) is 0 Å². The first-order chi connectivity index (χ1) is 8.02. The predicted molar refractivity (Wildman–Crippen MR) is 70.8 cm³/mol. The Morgan fingerprint density at radius 2 is 1.94 bits per heavy atom. The first-order valence-corrected chi connectivity index (χ1v) is 5.39. The van der Waals surface area contributed by atoms with Gasteiger partial charge in [0.2, 0.25) is 0 Å². The zero-order chi connectivity index (χ0) is 12.6. The third-order valence-corrected chi connectivity index (χ3v) is 2.83. The Morgan fingerprint density at radius 1 is 1.29 bits per heavy atom. The number of rotatable bonds is 1. The summed E-state index contributed by atoms with van der Waals surface area (Å²) in [4.78, 5) is 13.9. The van der Waals surface area contributed by atoms with Crippen molar-refractivity contribution in [2.24, 2.45) is 0 Å². The van der Waals surface area contributed by atoms with E-state index >= 15 is 0 Å². The Hall–Kier alpha value is -2.08. The molecule has 0 radical (unpaired) electrons. The smallest absolute Gasteiger partial charge is 0.277 e. The summed E-state index contributed by atoms with van der Waals surface area (Å²) in [6, 6.07) is 7.57. The van der Waals surface area contributed by atoms with Crippen LogP contribution in [0.5, 0.6) is 0 Å². The molecule has 0 unspecified atom stereocenters. The molecular weight excluding hydrogens is 236 g/mol. The van der Waals surface area contributed by atoms with Gasteiger partial charge in [-0.3, -0.25) is 14.3 Å². The molecular formula is C11H12N4OS. The summed E-state index contributed by atoms with van der Waals surface area (Å²) in [5.74, 6) is 0.160. The summed E-state index contributed by atoms with van der Waals surface area (Å²) in [6.07, 6.45) is 0. The number of nitrogens with two attached hydrogens (primary N) is 2. The molecule has 5 nitrogen and oxygen atoms in total. The molecule has 2 rings (SSSR count). The van der Waals surface area contributed by atoms with Crippen molar-refractivity contribution in [2.45, 2.75) is 6.92 Å². The van der Waals surface area contributed by atoms with E-state index in [0.717, 1.165) is 11.3 Å². The van der Waals surface area contributed by atoms with Crippen LogP contribution in [0.15, 0.2) is 29.1 Å². The molecule has 5 N–H and O–H groups in total. The van der Waals surface area contributed by atoms with Gasteiger partial charge in [0.25, 0.3) is 5.56 Å². The fraction of sp³-hybridized carbons (Fsp3) is 0.0909. The lowest BCUT2D eigenvalue weighted by Gasteiger charge is -2.13. The molecule has 0 saturated heterocycles. The lowest BCUT2D eigenvalue weighted by atomic mass is 10.2. The highest BCUT2D eigenvalue weighted by molar-refractivity contribution is 7.71. The van der Waals surface area contributed by atoms with Crippen LogP contribution in [0.1, 0.15) is 5.56 Å². The van der Waals surface area contributed by atoms with E-state index in [0.29, 0.717) is 0 Å². The highest BCUT2D eigenvalue weighted by Crippen LogP contribution is 2.19. The number of nitrogens with zero attached hydrogens (tertiary/aromatic N) is 1. The minimum atomic E-state index is -0.461. The minimum absolute atomic E-state index is 0.0261. The summed E-state index contributed by atoms with van der Waals surface area (Å²) < 4.78 is 1.79. The van der Waals surface area contributed by atoms with Gasteiger partial charge in [0.1, 0.15) is 11.5 Å². The van der Waals surface area contributed by atoms with Crippen molar-refractivity contribution in [1.82, 2.24) is 9.55 Å². The van der Waals surface area contributed by atoms with Gasteiger partial charge in [-0.2, -0.15) is 0 Å². The second-order valence-electron chi connectivity index (χ2n) is 3.68. The van der Waals surface area contributed by atoms with E-state index in [1.165, 1.54) is 0 Å². The number of aromatic nitrogens is 2. The highest BCUT2D eigenvalue weighted by Gasteiger charge is 2.10. The van der Waals surface area contributed by atoms with Crippen LogP contribution in [0.3, 0.4) is 0 Å². The van der Waals surface area contributed by atoms with E-state index in [4.69, 9.17) is 23.7 Å². The molecule has 0 amide bonds. The van der Waals surface area contributed by atoms with Gasteiger partial charge in [-0.25, -0.2) is 0 Å². The second kappa shape index (κ2) is 4.06. The molecule has 0 spiro atoms. The van der Waals surface area contributed by atoms with Crippen LogP contribution in [0.4, 0.5) is 11.5 Å². The summed E-state index contributed by atoms with van der Waals surface area (Å²) in [7, 11) is 0. The summed E-state index contributed by atoms with van der Waals surface area (Å²) in [6.45, 7) is 1.93. The lowest BCUT2D eigenvalue weighted by molar-refractivity contribution is 0.947. The summed E-state index contributed by atoms with van der Waals surface area (Å²) in [5.41, 5.74) is 12.7. The van der Waals surface area contributed by atoms with Crippen molar-refractivity contribution in [3.05, 3.63) is 45.0 Å². The van der Waals surface area contributed by atoms with E-state index in [1.807, 2.05) is 31.2 Å². The molecule has 0 aliphatic carbocycles. The normalized spacial score (nSPS) is 10.4. The molecule has 88 valence electrons. The maximum atomic E-state index is 11.4. The largest absolute Gasteiger partial charge is 0.391 e. The molecule has 1 aromatic heterocycles. The molecule has 6 heteroatoms. The molecule has 0 fully saturated rings. The van der Waals surface area contributed by atoms with Crippen LogP contribution < -0.4 is 17.0 Å². The number of anilines is 2. The Morgan fingerprint density at radius 3 is 2.59 bits per heavy atom. The monoisotopic (exact) mass is 248 g/mol. The molecule has 0 aliphatic heterocycles. The quantitative estimate of drug-likeness (QED) is 0.665. The van der Waals surface area contributed by atoms with Gasteiger partial charge < -0.3 is 11.5 Å². The molecule has 17 heavy (non-hydrogen) atoms. The number of hydrogen-bond donors (Lipinski definition) is 3. The number of nitrogens with one attached hydrogen (secondary N) is 1. The van der Waals surface area contributed by atoms with Gasteiger partial charge in [-0.05, 0) is 30.8 Å². The standard InChI is InChI=1S/C11H12N4OS/c1-6-4-2-3-5-7(6)15-9(13)8(12)10(16)14-11(15)17/h2-5H,12-13H2,1H3,(H,14,16,17). The number of para-hydroxylation sites is 1. The van der Waals surface area contributed by atoms with Gasteiger partial charge >= 0.3 is 0 Å². The molecule has 0 saturated carbocycles. The summed E-state index contributed by atoms with van der Waals surface area (Å²) >= 11 is 5.10. The first-order valence-electron chi connectivity index (χ1n) is 4.98. The van der Waals surface area contributed by atoms with Crippen molar-refractivity contribution >= 4 is 23.7 Å². The number of aryl methyl sites for hydroxylation is 1. The minimum Gasteiger partial charge on any atom is -0.391 e. The van der Waals surface area contributed by atoms with Crippen molar-refractivity contribution in [3.8, 4) is 5.69 Å². The fourth-order valence-electron chi connectivity index (χ4n) is 1.62. The van der Waals surface area contributed by atoms with Crippen LogP contribution in [0.25, 0.3) is 5.69 Å².